The number of hydrogen-bond acceptors (Lipinski definition) is 5. The topological polar surface area (TPSA) is 87.5 Å². The lowest BCUT2D eigenvalue weighted by molar-refractivity contribution is 1.13. The van der Waals surface area contributed by atoms with Crippen LogP contribution in [-0.4, -0.2) is 11.7 Å². The zero-order valence-corrected chi connectivity index (χ0v) is 9.02. The van der Waals surface area contributed by atoms with E-state index in [1.807, 2.05) is 12.1 Å². The summed E-state index contributed by atoms with van der Waals surface area (Å²) in [5.41, 5.74) is 8.81. The highest BCUT2D eigenvalue weighted by atomic mass is 35.5. The van der Waals surface area contributed by atoms with Gasteiger partial charge in [-0.05, 0) is 12.1 Å². The molecule has 1 aromatic rings. The highest BCUT2D eigenvalue weighted by molar-refractivity contribution is 6.33. The van der Waals surface area contributed by atoms with Gasteiger partial charge in [-0.1, -0.05) is 29.0 Å². The molecule has 0 spiro atoms. The van der Waals surface area contributed by atoms with Crippen LogP contribution < -0.4 is 11.2 Å². The molecule has 0 radical (unpaired) electrons. The molecule has 0 amide bonds. The zero-order valence-electron chi connectivity index (χ0n) is 8.26. The number of halogens is 1. The molecule has 16 heavy (non-hydrogen) atoms. The number of rotatable bonds is 2. The van der Waals surface area contributed by atoms with Crippen molar-refractivity contribution in [1.29, 1.82) is 0 Å². The first-order valence-corrected chi connectivity index (χ1v) is 4.93. The number of nitrogens with two attached hydrogens (primary N) is 1. The SMILES string of the molecule is NC1=NN=C(N=NNc2ccccc2Cl)C1. The van der Waals surface area contributed by atoms with E-state index in [1.165, 1.54) is 0 Å². The van der Waals surface area contributed by atoms with Gasteiger partial charge in [0.2, 0.25) is 0 Å². The maximum Gasteiger partial charge on any atom is 0.182 e. The number of amidine groups is 2. The van der Waals surface area contributed by atoms with E-state index in [0.29, 0.717) is 28.8 Å². The second-order valence-electron chi connectivity index (χ2n) is 3.08. The Kier molecular flexibility index (Phi) is 3.11. The van der Waals surface area contributed by atoms with E-state index in [2.05, 4.69) is 26.0 Å². The summed E-state index contributed by atoms with van der Waals surface area (Å²) in [5, 5.41) is 15.5. The number of para-hydroxylation sites is 1. The summed E-state index contributed by atoms with van der Waals surface area (Å²) in [6, 6.07) is 7.23. The van der Waals surface area contributed by atoms with Gasteiger partial charge >= 0.3 is 0 Å². The fourth-order valence-corrected chi connectivity index (χ4v) is 1.28. The lowest BCUT2D eigenvalue weighted by Crippen LogP contribution is -2.10. The fourth-order valence-electron chi connectivity index (χ4n) is 1.10. The van der Waals surface area contributed by atoms with Crippen molar-refractivity contribution in [2.75, 3.05) is 5.43 Å². The Hall–Kier alpha value is -1.95. The third-order valence-electron chi connectivity index (χ3n) is 1.84. The van der Waals surface area contributed by atoms with E-state index in [-0.39, 0.29) is 0 Å². The highest BCUT2D eigenvalue weighted by Crippen LogP contribution is 2.20. The minimum Gasteiger partial charge on any atom is -0.385 e. The predicted octanol–water partition coefficient (Wildman–Crippen LogP) is 2.19. The van der Waals surface area contributed by atoms with Gasteiger partial charge in [0.1, 0.15) is 5.84 Å². The van der Waals surface area contributed by atoms with Gasteiger partial charge in [0.25, 0.3) is 0 Å². The first-order valence-electron chi connectivity index (χ1n) is 4.56. The van der Waals surface area contributed by atoms with Gasteiger partial charge in [0.15, 0.2) is 5.84 Å². The smallest absolute Gasteiger partial charge is 0.182 e. The zero-order chi connectivity index (χ0) is 11.4. The Labute approximate surface area is 96.9 Å². The molecule has 1 aliphatic heterocycles. The van der Waals surface area contributed by atoms with E-state index < -0.39 is 0 Å². The Bertz CT molecular complexity index is 479. The third kappa shape index (κ3) is 2.54. The van der Waals surface area contributed by atoms with E-state index in [1.54, 1.807) is 12.1 Å². The Balaban J connectivity index is 1.93. The molecule has 0 fully saturated rings. The molecule has 0 aliphatic carbocycles. The van der Waals surface area contributed by atoms with Crippen LogP contribution >= 0.6 is 11.6 Å². The van der Waals surface area contributed by atoms with Crippen LogP contribution in [0.4, 0.5) is 5.69 Å². The van der Waals surface area contributed by atoms with Crippen LogP contribution in [0.1, 0.15) is 6.42 Å². The van der Waals surface area contributed by atoms with Gasteiger partial charge in [-0.25, -0.2) is 0 Å². The van der Waals surface area contributed by atoms with E-state index in [9.17, 15) is 0 Å². The molecular weight excluding hydrogens is 228 g/mol. The molecule has 0 bridgehead atoms. The molecule has 1 aliphatic rings. The molecule has 7 heteroatoms. The van der Waals surface area contributed by atoms with Crippen LogP contribution in [0.25, 0.3) is 0 Å². The molecule has 6 nitrogen and oxygen atoms in total. The molecule has 82 valence electrons. The number of benzene rings is 1. The molecular formula is C9H9ClN6. The summed E-state index contributed by atoms with van der Waals surface area (Å²) in [5.74, 6) is 0.906. The second-order valence-corrected chi connectivity index (χ2v) is 3.48. The first kappa shape index (κ1) is 10.6. The highest BCUT2D eigenvalue weighted by Gasteiger charge is 2.07. The molecule has 3 N–H and O–H groups in total. The summed E-state index contributed by atoms with van der Waals surface area (Å²) in [7, 11) is 0. The minimum atomic E-state index is 0.424. The number of hydrogen-bond donors (Lipinski definition) is 2. The second kappa shape index (κ2) is 4.71. The van der Waals surface area contributed by atoms with Crippen LogP contribution in [-0.2, 0) is 0 Å². The van der Waals surface area contributed by atoms with Crippen LogP contribution in [0.15, 0.2) is 44.8 Å². The van der Waals surface area contributed by atoms with Gasteiger partial charge in [-0.15, -0.1) is 15.3 Å². The van der Waals surface area contributed by atoms with Gasteiger partial charge in [0, 0.05) is 0 Å². The van der Waals surface area contributed by atoms with E-state index >= 15 is 0 Å². The molecule has 2 rings (SSSR count). The fraction of sp³-hybridized carbons (Fsp3) is 0.111. The van der Waals surface area contributed by atoms with Crippen LogP contribution in [0.2, 0.25) is 5.02 Å². The Morgan fingerprint density at radius 1 is 1.31 bits per heavy atom. The van der Waals surface area contributed by atoms with Crippen molar-refractivity contribution in [3.05, 3.63) is 29.3 Å². The van der Waals surface area contributed by atoms with Crippen molar-refractivity contribution >= 4 is 29.0 Å². The molecule has 0 atom stereocenters. The van der Waals surface area contributed by atoms with Crippen molar-refractivity contribution in [1.82, 2.24) is 0 Å². The lowest BCUT2D eigenvalue weighted by atomic mass is 10.3. The number of nitrogens with zero attached hydrogens (tertiary/aromatic N) is 4. The quantitative estimate of drug-likeness (QED) is 0.609. The third-order valence-corrected chi connectivity index (χ3v) is 2.17. The van der Waals surface area contributed by atoms with Crippen LogP contribution in [0, 0.1) is 0 Å². The summed E-state index contributed by atoms with van der Waals surface area (Å²) < 4.78 is 0. The maximum atomic E-state index is 5.91. The average Bonchev–Trinajstić information content (AvgIpc) is 2.67. The minimum absolute atomic E-state index is 0.424. The van der Waals surface area contributed by atoms with Crippen LogP contribution in [0.5, 0.6) is 0 Å². The Morgan fingerprint density at radius 2 is 2.12 bits per heavy atom. The maximum absolute atomic E-state index is 5.91. The Morgan fingerprint density at radius 3 is 2.81 bits per heavy atom. The van der Waals surface area contributed by atoms with E-state index in [4.69, 9.17) is 17.3 Å². The predicted molar refractivity (Wildman–Crippen MR) is 63.6 cm³/mol. The summed E-state index contributed by atoms with van der Waals surface area (Å²) in [4.78, 5) is 0. The normalized spacial score (nSPS) is 15.1. The average molecular weight is 237 g/mol. The molecule has 0 saturated heterocycles. The van der Waals surface area contributed by atoms with Gasteiger partial charge in [0.05, 0.1) is 17.1 Å². The standard InChI is InChI=1S/C9H9ClN6/c10-6-3-1-2-4-7(6)12-16-15-9-5-8(11)13-14-9/h1-4H,5H2,(H2,11,13)(H,12,14,15). The van der Waals surface area contributed by atoms with E-state index in [0.717, 1.165) is 0 Å². The van der Waals surface area contributed by atoms with Crippen molar-refractivity contribution in [2.45, 2.75) is 6.42 Å². The van der Waals surface area contributed by atoms with Crippen molar-refractivity contribution in [2.24, 2.45) is 26.3 Å². The van der Waals surface area contributed by atoms with Gasteiger partial charge < -0.3 is 5.73 Å². The van der Waals surface area contributed by atoms with Crippen molar-refractivity contribution < 1.29 is 0 Å². The van der Waals surface area contributed by atoms with Crippen molar-refractivity contribution in [3.63, 3.8) is 0 Å². The number of nitrogens with one attached hydrogen (secondary N) is 1. The van der Waals surface area contributed by atoms with Gasteiger partial charge in [-0.3, -0.25) is 5.43 Å². The van der Waals surface area contributed by atoms with Crippen LogP contribution in [0.3, 0.4) is 0 Å². The molecule has 1 aromatic carbocycles. The summed E-state index contributed by atoms with van der Waals surface area (Å²) >= 11 is 5.91. The first-order chi connectivity index (χ1) is 7.75. The summed E-state index contributed by atoms with van der Waals surface area (Å²) in [6.45, 7) is 0. The molecule has 0 unspecified atom stereocenters. The van der Waals surface area contributed by atoms with Gasteiger partial charge in [-0.2, -0.15) is 0 Å². The molecule has 0 saturated carbocycles. The molecule has 0 aromatic heterocycles. The largest absolute Gasteiger partial charge is 0.385 e. The molecule has 1 heterocycles. The monoisotopic (exact) mass is 236 g/mol. The van der Waals surface area contributed by atoms with Crippen molar-refractivity contribution in [3.8, 4) is 0 Å². The number of anilines is 1. The lowest BCUT2D eigenvalue weighted by Gasteiger charge is -2.00. The summed E-state index contributed by atoms with van der Waals surface area (Å²) in [6.07, 6.45) is 0.424.